The summed E-state index contributed by atoms with van der Waals surface area (Å²) in [5, 5.41) is 14.7. The molecule has 1 atom stereocenters. The van der Waals surface area contributed by atoms with E-state index >= 15 is 4.39 Å². The molecule has 1 aromatic heterocycles. The van der Waals surface area contributed by atoms with Gasteiger partial charge in [-0.05, 0) is 87.5 Å². The fourth-order valence-electron chi connectivity index (χ4n) is 9.83. The molecule has 15 nitrogen and oxygen atoms in total. The molecule has 17 heteroatoms. The van der Waals surface area contributed by atoms with Crippen molar-refractivity contribution in [3.05, 3.63) is 75.9 Å². The first-order valence-corrected chi connectivity index (χ1v) is 21.1. The summed E-state index contributed by atoms with van der Waals surface area (Å²) in [7, 11) is 0. The highest BCUT2D eigenvalue weighted by molar-refractivity contribution is 6.31. The molecule has 1 unspecified atom stereocenters. The number of hydrogen-bond donors (Lipinski definition) is 2. The number of ether oxygens (including phenoxy) is 1. The fourth-order valence-corrected chi connectivity index (χ4v) is 10.0. The number of imide groups is 2. The third-order valence-corrected chi connectivity index (χ3v) is 13.6. The van der Waals surface area contributed by atoms with E-state index in [1.165, 1.54) is 6.07 Å². The van der Waals surface area contributed by atoms with Gasteiger partial charge in [-0.3, -0.25) is 39.1 Å². The Balaban J connectivity index is 0.709. The molecule has 1 aliphatic carbocycles. The topological polar surface area (TPSA) is 181 Å². The summed E-state index contributed by atoms with van der Waals surface area (Å²) in [5.74, 6) is -1.93. The predicted molar refractivity (Wildman–Crippen MR) is 216 cm³/mol. The highest BCUT2D eigenvalue weighted by Crippen LogP contribution is 2.44. The lowest BCUT2D eigenvalue weighted by Crippen LogP contribution is -2.64. The number of nitrogens with zero attached hydrogens (tertiary/aromatic N) is 7. The zero-order valence-electron chi connectivity index (χ0n) is 33.0. The van der Waals surface area contributed by atoms with Crippen LogP contribution in [-0.2, 0) is 9.59 Å². The molecule has 5 amide bonds. The molecule has 1 spiro atoms. The summed E-state index contributed by atoms with van der Waals surface area (Å²) in [5.41, 5.74) is 1.24. The maximum atomic E-state index is 15.5. The lowest BCUT2D eigenvalue weighted by Gasteiger charge is -2.57. The molecule has 3 aromatic rings. The Morgan fingerprint density at radius 3 is 2.27 bits per heavy atom. The first-order chi connectivity index (χ1) is 29.0. The number of carbonyl (C=O) groups excluding carboxylic acids is 5. The number of halogens is 2. The zero-order chi connectivity index (χ0) is 41.7. The minimum Gasteiger partial charge on any atom is -0.490 e. The molecule has 5 fully saturated rings. The summed E-state index contributed by atoms with van der Waals surface area (Å²) in [6.45, 7) is 4.94. The van der Waals surface area contributed by atoms with Gasteiger partial charge in [0.2, 0.25) is 11.8 Å². The Labute approximate surface area is 351 Å². The lowest BCUT2D eigenvalue weighted by atomic mass is 9.71. The van der Waals surface area contributed by atoms with E-state index in [0.717, 1.165) is 94.3 Å². The second-order valence-corrected chi connectivity index (χ2v) is 17.4. The number of hydrogen-bond acceptors (Lipinski definition) is 12. The number of nitrogens with one attached hydrogen (secondary N) is 2. The number of piperidine rings is 3. The third kappa shape index (κ3) is 7.64. The molecule has 60 heavy (non-hydrogen) atoms. The van der Waals surface area contributed by atoms with Crippen molar-refractivity contribution in [1.29, 1.82) is 5.26 Å². The second kappa shape index (κ2) is 16.1. The van der Waals surface area contributed by atoms with Crippen molar-refractivity contribution in [2.24, 2.45) is 5.41 Å². The van der Waals surface area contributed by atoms with Crippen LogP contribution in [0.1, 0.15) is 101 Å². The van der Waals surface area contributed by atoms with E-state index in [-0.39, 0.29) is 58.8 Å². The van der Waals surface area contributed by atoms with E-state index in [1.54, 1.807) is 30.6 Å². The van der Waals surface area contributed by atoms with Crippen LogP contribution in [0.15, 0.2) is 42.7 Å². The summed E-state index contributed by atoms with van der Waals surface area (Å²) >= 11 is 6.15. The van der Waals surface area contributed by atoms with Crippen molar-refractivity contribution in [3.8, 4) is 11.8 Å². The summed E-state index contributed by atoms with van der Waals surface area (Å²) in [6, 6.07) is 8.96. The number of nitriles is 1. The number of likely N-dealkylation sites (tertiary alicyclic amines) is 1. The summed E-state index contributed by atoms with van der Waals surface area (Å²) in [6.07, 6.45) is 10.2. The van der Waals surface area contributed by atoms with Crippen LogP contribution in [0.5, 0.6) is 5.75 Å². The van der Waals surface area contributed by atoms with Crippen LogP contribution >= 0.6 is 11.6 Å². The minimum absolute atomic E-state index is 0.00990. The number of fused-ring (bicyclic) bond motifs is 1. The van der Waals surface area contributed by atoms with Gasteiger partial charge in [0.1, 0.15) is 35.2 Å². The molecule has 2 aromatic carbocycles. The predicted octanol–water partition coefficient (Wildman–Crippen LogP) is 4.23. The average molecular weight is 838 g/mol. The molecule has 2 N–H and O–H groups in total. The minimum atomic E-state index is -1.10. The average Bonchev–Trinajstić information content (AvgIpc) is 3.47. The molecular formula is C43H45ClFN9O6. The van der Waals surface area contributed by atoms with Gasteiger partial charge in [-0.25, -0.2) is 14.4 Å². The first-order valence-electron chi connectivity index (χ1n) is 20.8. The van der Waals surface area contributed by atoms with Gasteiger partial charge >= 0.3 is 0 Å². The van der Waals surface area contributed by atoms with Crippen LogP contribution in [0.4, 0.5) is 15.9 Å². The Morgan fingerprint density at radius 2 is 1.62 bits per heavy atom. The highest BCUT2D eigenvalue weighted by Gasteiger charge is 2.48. The van der Waals surface area contributed by atoms with Gasteiger partial charge < -0.3 is 19.9 Å². The van der Waals surface area contributed by atoms with Crippen LogP contribution in [-0.4, -0.2) is 113 Å². The van der Waals surface area contributed by atoms with E-state index in [0.29, 0.717) is 35.5 Å². The molecule has 312 valence electrons. The van der Waals surface area contributed by atoms with E-state index in [4.69, 9.17) is 21.6 Å². The first kappa shape index (κ1) is 39.8. The quantitative estimate of drug-likeness (QED) is 0.309. The molecule has 5 aliphatic heterocycles. The van der Waals surface area contributed by atoms with Crippen molar-refractivity contribution in [1.82, 2.24) is 30.4 Å². The van der Waals surface area contributed by atoms with Crippen molar-refractivity contribution in [2.45, 2.75) is 88.4 Å². The molecular weight excluding hydrogens is 793 g/mol. The molecule has 6 heterocycles. The maximum absolute atomic E-state index is 15.5. The van der Waals surface area contributed by atoms with Gasteiger partial charge in [0.15, 0.2) is 0 Å². The Morgan fingerprint density at radius 1 is 0.900 bits per heavy atom. The van der Waals surface area contributed by atoms with Crippen LogP contribution in [0.25, 0.3) is 0 Å². The van der Waals surface area contributed by atoms with Gasteiger partial charge in [0, 0.05) is 63.8 Å². The summed E-state index contributed by atoms with van der Waals surface area (Å²) in [4.78, 5) is 80.2. The van der Waals surface area contributed by atoms with E-state index < -0.39 is 35.5 Å². The SMILES string of the molecule is N#Cc1ccc(OC2CCC(NC(=O)c3cnc(N4CCC5(CC4)CN(C4CCN(c6cc7c(cc6F)C(=O)N(C6CCC(=O)NC6=O)C7=O)CC4)C5)cn3)CC2)cc1Cl. The molecule has 9 rings (SSSR count). The standard InChI is InChI=1S/C43H45ClFN9O6/c44-32-17-29(4-1-25(32)20-46)60-28-5-2-26(3-6-28)49-39(56)34-21-48-37(22-47-34)52-15-11-43(12-16-52)23-53(24-43)27-9-13-51(14-10-27)36-19-31-30(18-33(36)45)41(58)54(42(31)59)35-7-8-38(55)50-40(35)57/h1,4,17-19,21-22,26-28,35H,2-3,5-16,23-24H2,(H,49,56)(H,50,55,57). The van der Waals surface area contributed by atoms with Gasteiger partial charge in [-0.2, -0.15) is 5.26 Å². The van der Waals surface area contributed by atoms with E-state index in [1.807, 2.05) is 11.0 Å². The number of aromatic nitrogens is 2. The number of benzene rings is 2. The van der Waals surface area contributed by atoms with Crippen LogP contribution in [0.3, 0.4) is 0 Å². The Bertz CT molecular complexity index is 2270. The van der Waals surface area contributed by atoms with Crippen molar-refractivity contribution in [2.75, 3.05) is 49.1 Å². The Kier molecular flexibility index (Phi) is 10.7. The second-order valence-electron chi connectivity index (χ2n) is 17.0. The molecule has 6 aliphatic rings. The number of rotatable bonds is 8. The number of anilines is 2. The van der Waals surface area contributed by atoms with Crippen LogP contribution in [0, 0.1) is 22.6 Å². The number of amides is 5. The smallest absolute Gasteiger partial charge is 0.271 e. The normalized spacial score (nSPS) is 24.5. The van der Waals surface area contributed by atoms with Gasteiger partial charge in [0.05, 0.1) is 45.9 Å². The van der Waals surface area contributed by atoms with Crippen LogP contribution in [0.2, 0.25) is 5.02 Å². The number of carbonyl (C=O) groups is 5. The monoisotopic (exact) mass is 837 g/mol. The molecule has 1 saturated carbocycles. The molecule has 4 saturated heterocycles. The summed E-state index contributed by atoms with van der Waals surface area (Å²) < 4.78 is 21.6. The zero-order valence-corrected chi connectivity index (χ0v) is 33.8. The van der Waals surface area contributed by atoms with Gasteiger partial charge in [0.25, 0.3) is 17.7 Å². The lowest BCUT2D eigenvalue weighted by molar-refractivity contribution is -0.136. The van der Waals surface area contributed by atoms with Gasteiger partial charge in [-0.1, -0.05) is 11.6 Å². The molecule has 0 bridgehead atoms. The van der Waals surface area contributed by atoms with Crippen LogP contribution < -0.4 is 25.2 Å². The van der Waals surface area contributed by atoms with Crippen molar-refractivity contribution >= 4 is 52.6 Å². The van der Waals surface area contributed by atoms with Gasteiger partial charge in [-0.15, -0.1) is 0 Å². The fraction of sp³-hybridized carbons (Fsp3) is 0.488. The van der Waals surface area contributed by atoms with E-state index in [2.05, 4.69) is 30.4 Å². The van der Waals surface area contributed by atoms with Crippen molar-refractivity contribution < 1.29 is 33.1 Å². The maximum Gasteiger partial charge on any atom is 0.271 e. The molecule has 0 radical (unpaired) electrons. The largest absolute Gasteiger partial charge is 0.490 e. The highest BCUT2D eigenvalue weighted by atomic mass is 35.5. The van der Waals surface area contributed by atoms with E-state index in [9.17, 15) is 24.0 Å². The van der Waals surface area contributed by atoms with Crippen molar-refractivity contribution in [3.63, 3.8) is 0 Å². The third-order valence-electron chi connectivity index (χ3n) is 13.3. The Hall–Kier alpha value is -5.66.